The number of hydrogen-bond acceptors (Lipinski definition) is 7. The minimum atomic E-state index is -0.777. The molecule has 0 bridgehead atoms. The maximum absolute atomic E-state index is 14.2. The van der Waals surface area contributed by atoms with E-state index in [0.29, 0.717) is 42.2 Å². The molecular weight excluding hydrogens is 367 g/mol. The first-order valence-electron chi connectivity index (χ1n) is 9.05. The van der Waals surface area contributed by atoms with Crippen molar-refractivity contribution in [1.29, 1.82) is 0 Å². The summed E-state index contributed by atoms with van der Waals surface area (Å²) in [5.41, 5.74) is 1.35. The number of fused-ring (bicyclic) bond motifs is 1. The summed E-state index contributed by atoms with van der Waals surface area (Å²) in [5.74, 6) is -1.10. The van der Waals surface area contributed by atoms with Gasteiger partial charge < -0.3 is 15.2 Å². The summed E-state index contributed by atoms with van der Waals surface area (Å²) < 4.78 is 20.8. The van der Waals surface area contributed by atoms with Crippen molar-refractivity contribution in [3.8, 4) is 11.4 Å². The van der Waals surface area contributed by atoms with Crippen LogP contribution in [-0.2, 0) is 4.79 Å². The minimum absolute atomic E-state index is 0.00852. The van der Waals surface area contributed by atoms with Crippen molar-refractivity contribution in [3.05, 3.63) is 30.2 Å². The second-order valence-corrected chi connectivity index (χ2v) is 6.64. The minimum Gasteiger partial charge on any atom is -0.491 e. The van der Waals surface area contributed by atoms with E-state index in [2.05, 4.69) is 25.6 Å². The molecule has 2 atom stereocenters. The molecule has 1 saturated carbocycles. The van der Waals surface area contributed by atoms with Gasteiger partial charge in [0.05, 0.1) is 24.4 Å². The molecule has 0 spiro atoms. The van der Waals surface area contributed by atoms with Crippen LogP contribution in [-0.4, -0.2) is 48.7 Å². The Balaban J connectivity index is 1.60. The number of nitrogens with one attached hydrogen (secondary N) is 1. The molecule has 2 aromatic heterocycles. The SMILES string of the molecule is CCOc1ccc(-n2nnc3cnc(N[C@@H]4CC[C@@H](C(=O)O)C4)nc32)cc1F. The van der Waals surface area contributed by atoms with Crippen molar-refractivity contribution < 1.29 is 19.0 Å². The van der Waals surface area contributed by atoms with Crippen molar-refractivity contribution in [2.24, 2.45) is 5.92 Å². The molecule has 2 heterocycles. The van der Waals surface area contributed by atoms with Crippen molar-refractivity contribution in [2.75, 3.05) is 11.9 Å². The lowest BCUT2D eigenvalue weighted by molar-refractivity contribution is -0.141. The van der Waals surface area contributed by atoms with Crippen molar-refractivity contribution in [3.63, 3.8) is 0 Å². The molecular formula is C18H19FN6O3. The van der Waals surface area contributed by atoms with Crippen LogP contribution >= 0.6 is 0 Å². The summed E-state index contributed by atoms with van der Waals surface area (Å²) in [6.45, 7) is 2.15. The molecule has 1 aliphatic carbocycles. The van der Waals surface area contributed by atoms with E-state index in [1.165, 1.54) is 23.0 Å². The molecule has 3 aromatic rings. The quantitative estimate of drug-likeness (QED) is 0.664. The predicted molar refractivity (Wildman–Crippen MR) is 98.0 cm³/mol. The van der Waals surface area contributed by atoms with Crippen molar-refractivity contribution in [2.45, 2.75) is 32.2 Å². The highest BCUT2D eigenvalue weighted by atomic mass is 19.1. The first-order chi connectivity index (χ1) is 13.5. The number of ether oxygens (including phenoxy) is 1. The number of hydrogen-bond donors (Lipinski definition) is 2. The topological polar surface area (TPSA) is 115 Å². The van der Waals surface area contributed by atoms with Gasteiger partial charge in [0.15, 0.2) is 22.7 Å². The predicted octanol–water partition coefficient (Wildman–Crippen LogP) is 2.41. The highest BCUT2D eigenvalue weighted by Crippen LogP contribution is 2.28. The Labute approximate surface area is 159 Å². The van der Waals surface area contributed by atoms with E-state index in [-0.39, 0.29) is 17.7 Å². The summed E-state index contributed by atoms with van der Waals surface area (Å²) in [6.07, 6.45) is 3.42. The van der Waals surface area contributed by atoms with Crippen molar-refractivity contribution in [1.82, 2.24) is 25.0 Å². The van der Waals surface area contributed by atoms with E-state index >= 15 is 0 Å². The number of halogens is 1. The second-order valence-electron chi connectivity index (χ2n) is 6.64. The Bertz CT molecular complexity index is 1020. The zero-order chi connectivity index (χ0) is 19.7. The van der Waals surface area contributed by atoms with Gasteiger partial charge in [0, 0.05) is 12.1 Å². The van der Waals surface area contributed by atoms with Gasteiger partial charge in [-0.3, -0.25) is 4.79 Å². The van der Waals surface area contributed by atoms with E-state index in [9.17, 15) is 9.18 Å². The number of rotatable bonds is 6. The fourth-order valence-corrected chi connectivity index (χ4v) is 3.39. The van der Waals surface area contributed by atoms with E-state index < -0.39 is 11.8 Å². The van der Waals surface area contributed by atoms with Crippen LogP contribution in [0.15, 0.2) is 24.4 Å². The molecule has 2 N–H and O–H groups in total. The van der Waals surface area contributed by atoms with Crippen LogP contribution in [0.4, 0.5) is 10.3 Å². The molecule has 0 amide bonds. The Morgan fingerprint density at radius 1 is 1.43 bits per heavy atom. The average molecular weight is 386 g/mol. The molecule has 0 radical (unpaired) electrons. The van der Waals surface area contributed by atoms with Gasteiger partial charge in [-0.25, -0.2) is 9.37 Å². The third kappa shape index (κ3) is 3.45. The Morgan fingerprint density at radius 3 is 3.00 bits per heavy atom. The van der Waals surface area contributed by atoms with Crippen LogP contribution in [0, 0.1) is 11.7 Å². The molecule has 0 unspecified atom stereocenters. The fraction of sp³-hybridized carbons (Fsp3) is 0.389. The molecule has 28 heavy (non-hydrogen) atoms. The standard InChI is InChI=1S/C18H19FN6O3/c1-2-28-15-6-5-12(8-13(15)19)25-16-14(23-24-25)9-20-18(22-16)21-11-4-3-10(7-11)17(26)27/h5-6,8-11H,2-4,7H2,1H3,(H,26,27)(H,20,21,22)/t10-,11-/m1/s1. The highest BCUT2D eigenvalue weighted by molar-refractivity contribution is 5.72. The Morgan fingerprint density at radius 2 is 2.29 bits per heavy atom. The molecule has 0 saturated heterocycles. The lowest BCUT2D eigenvalue weighted by atomic mass is 10.1. The molecule has 1 aliphatic rings. The smallest absolute Gasteiger partial charge is 0.306 e. The van der Waals surface area contributed by atoms with Gasteiger partial charge in [0.2, 0.25) is 5.95 Å². The first-order valence-corrected chi connectivity index (χ1v) is 9.05. The van der Waals surface area contributed by atoms with E-state index in [4.69, 9.17) is 9.84 Å². The van der Waals surface area contributed by atoms with Gasteiger partial charge in [-0.05, 0) is 38.3 Å². The summed E-state index contributed by atoms with van der Waals surface area (Å²) in [5, 5.41) is 20.4. The van der Waals surface area contributed by atoms with Crippen molar-refractivity contribution >= 4 is 23.1 Å². The zero-order valence-corrected chi connectivity index (χ0v) is 15.2. The summed E-state index contributed by atoms with van der Waals surface area (Å²) in [4.78, 5) is 19.8. The van der Waals surface area contributed by atoms with Crippen LogP contribution in [0.1, 0.15) is 26.2 Å². The Kier molecular flexibility index (Phi) is 4.76. The van der Waals surface area contributed by atoms with Crippen LogP contribution < -0.4 is 10.1 Å². The number of carbonyl (C=O) groups is 1. The number of carboxylic acids is 1. The first kappa shape index (κ1) is 18.1. The number of carboxylic acid groups (broad SMARTS) is 1. The molecule has 1 aromatic carbocycles. The highest BCUT2D eigenvalue weighted by Gasteiger charge is 2.30. The number of nitrogens with zero attached hydrogens (tertiary/aromatic N) is 5. The van der Waals surface area contributed by atoms with Crippen LogP contribution in [0.5, 0.6) is 5.75 Å². The molecule has 4 rings (SSSR count). The number of anilines is 1. The molecule has 1 fully saturated rings. The van der Waals surface area contributed by atoms with E-state index in [1.807, 2.05) is 0 Å². The number of aliphatic carboxylic acids is 1. The monoisotopic (exact) mass is 386 g/mol. The second kappa shape index (κ2) is 7.37. The van der Waals surface area contributed by atoms with Crippen LogP contribution in [0.2, 0.25) is 0 Å². The normalized spacial score (nSPS) is 19.1. The lowest BCUT2D eigenvalue weighted by Crippen LogP contribution is -2.19. The largest absolute Gasteiger partial charge is 0.491 e. The third-order valence-corrected chi connectivity index (χ3v) is 4.77. The van der Waals surface area contributed by atoms with Gasteiger partial charge in [-0.2, -0.15) is 9.67 Å². The average Bonchev–Trinajstić information content (AvgIpc) is 3.30. The van der Waals surface area contributed by atoms with E-state index in [1.54, 1.807) is 13.0 Å². The van der Waals surface area contributed by atoms with Crippen LogP contribution in [0.25, 0.3) is 16.9 Å². The van der Waals surface area contributed by atoms with Gasteiger partial charge in [0.1, 0.15) is 0 Å². The fourth-order valence-electron chi connectivity index (χ4n) is 3.39. The third-order valence-electron chi connectivity index (χ3n) is 4.77. The van der Waals surface area contributed by atoms with Gasteiger partial charge in [-0.15, -0.1) is 5.10 Å². The van der Waals surface area contributed by atoms with Gasteiger partial charge in [-0.1, -0.05) is 5.21 Å². The molecule has 146 valence electrons. The molecule has 0 aliphatic heterocycles. The zero-order valence-electron chi connectivity index (χ0n) is 15.2. The number of benzene rings is 1. The maximum atomic E-state index is 14.2. The lowest BCUT2D eigenvalue weighted by Gasteiger charge is -2.12. The maximum Gasteiger partial charge on any atom is 0.306 e. The summed E-state index contributed by atoms with van der Waals surface area (Å²) in [7, 11) is 0. The molecule has 10 heteroatoms. The summed E-state index contributed by atoms with van der Waals surface area (Å²) >= 11 is 0. The molecule has 9 nitrogen and oxygen atoms in total. The summed E-state index contributed by atoms with van der Waals surface area (Å²) in [6, 6.07) is 4.51. The Hall–Kier alpha value is -3.30. The van der Waals surface area contributed by atoms with Gasteiger partial charge >= 0.3 is 5.97 Å². The number of aromatic nitrogens is 5. The van der Waals surface area contributed by atoms with Crippen LogP contribution in [0.3, 0.4) is 0 Å². The van der Waals surface area contributed by atoms with E-state index in [0.717, 1.165) is 6.42 Å². The van der Waals surface area contributed by atoms with Gasteiger partial charge in [0.25, 0.3) is 0 Å².